The number of carboxylic acid groups (broad SMARTS) is 1. The van der Waals surface area contributed by atoms with Crippen molar-refractivity contribution in [3.05, 3.63) is 23.8 Å². The van der Waals surface area contributed by atoms with Gasteiger partial charge in [-0.15, -0.1) is 0 Å². The van der Waals surface area contributed by atoms with E-state index in [9.17, 15) is 9.90 Å². The minimum Gasteiger partial charge on any atom is -0.493 e. The highest BCUT2D eigenvalue weighted by Crippen LogP contribution is 2.29. The van der Waals surface area contributed by atoms with E-state index in [0.717, 1.165) is 5.56 Å². The van der Waals surface area contributed by atoms with E-state index in [1.165, 1.54) is 0 Å². The Morgan fingerprint density at radius 2 is 1.89 bits per heavy atom. The van der Waals surface area contributed by atoms with E-state index in [4.69, 9.17) is 14.6 Å². The second-order valence-electron chi connectivity index (χ2n) is 4.76. The SMILES string of the molecule is COc1ccc(CC(C)(O)CCC(=O)O)cc1OC. The van der Waals surface area contributed by atoms with Gasteiger partial charge < -0.3 is 19.7 Å². The molecule has 0 spiro atoms. The van der Waals surface area contributed by atoms with E-state index in [0.29, 0.717) is 17.9 Å². The Morgan fingerprint density at radius 3 is 2.42 bits per heavy atom. The maximum absolute atomic E-state index is 10.5. The Hall–Kier alpha value is -1.75. The molecular formula is C14H20O5. The molecule has 0 aromatic heterocycles. The first-order valence-corrected chi connectivity index (χ1v) is 6.03. The van der Waals surface area contributed by atoms with Crippen molar-refractivity contribution in [3.63, 3.8) is 0 Å². The highest BCUT2D eigenvalue weighted by atomic mass is 16.5. The van der Waals surface area contributed by atoms with Crippen LogP contribution in [0.1, 0.15) is 25.3 Å². The molecule has 1 aromatic rings. The number of benzene rings is 1. The monoisotopic (exact) mass is 268 g/mol. The molecule has 0 bridgehead atoms. The Morgan fingerprint density at radius 1 is 1.26 bits per heavy atom. The second kappa shape index (κ2) is 6.43. The van der Waals surface area contributed by atoms with Crippen molar-refractivity contribution in [2.45, 2.75) is 31.8 Å². The van der Waals surface area contributed by atoms with Gasteiger partial charge in [0.2, 0.25) is 0 Å². The summed E-state index contributed by atoms with van der Waals surface area (Å²) in [4.78, 5) is 10.5. The van der Waals surface area contributed by atoms with Crippen LogP contribution in [0.4, 0.5) is 0 Å². The van der Waals surface area contributed by atoms with Crippen molar-refractivity contribution in [1.82, 2.24) is 0 Å². The van der Waals surface area contributed by atoms with Gasteiger partial charge in [0.1, 0.15) is 0 Å². The largest absolute Gasteiger partial charge is 0.493 e. The highest BCUT2D eigenvalue weighted by Gasteiger charge is 2.22. The summed E-state index contributed by atoms with van der Waals surface area (Å²) in [5.41, 5.74) is -0.189. The lowest BCUT2D eigenvalue weighted by Crippen LogP contribution is -2.28. The van der Waals surface area contributed by atoms with Gasteiger partial charge in [0, 0.05) is 12.8 Å². The molecule has 0 fully saturated rings. The van der Waals surface area contributed by atoms with Crippen LogP contribution in [0.25, 0.3) is 0 Å². The summed E-state index contributed by atoms with van der Waals surface area (Å²) in [6.45, 7) is 1.63. The van der Waals surface area contributed by atoms with Crippen molar-refractivity contribution < 1.29 is 24.5 Å². The molecule has 1 atom stereocenters. The lowest BCUT2D eigenvalue weighted by atomic mass is 9.92. The summed E-state index contributed by atoms with van der Waals surface area (Å²) in [6, 6.07) is 5.38. The molecule has 0 saturated heterocycles. The van der Waals surface area contributed by atoms with Gasteiger partial charge >= 0.3 is 5.97 Å². The third kappa shape index (κ3) is 4.79. The maximum atomic E-state index is 10.5. The Kier molecular flexibility index (Phi) is 5.18. The Labute approximate surface area is 112 Å². The van der Waals surface area contributed by atoms with E-state index in [2.05, 4.69) is 0 Å². The molecule has 0 heterocycles. The highest BCUT2D eigenvalue weighted by molar-refractivity contribution is 5.66. The van der Waals surface area contributed by atoms with Crippen LogP contribution in [0.2, 0.25) is 0 Å². The van der Waals surface area contributed by atoms with Crippen LogP contribution in [0.5, 0.6) is 11.5 Å². The first kappa shape index (κ1) is 15.3. The van der Waals surface area contributed by atoms with E-state index in [-0.39, 0.29) is 12.8 Å². The van der Waals surface area contributed by atoms with Crippen molar-refractivity contribution in [2.75, 3.05) is 14.2 Å². The minimum atomic E-state index is -1.06. The summed E-state index contributed by atoms with van der Waals surface area (Å²) in [5.74, 6) is 0.304. The Balaban J connectivity index is 2.78. The molecule has 1 aromatic carbocycles. The smallest absolute Gasteiger partial charge is 0.303 e. The Bertz CT molecular complexity index is 439. The summed E-state index contributed by atoms with van der Waals surface area (Å²) in [7, 11) is 3.10. The molecule has 2 N–H and O–H groups in total. The third-order valence-electron chi connectivity index (χ3n) is 2.91. The lowest BCUT2D eigenvalue weighted by molar-refractivity contribution is -0.138. The first-order chi connectivity index (χ1) is 8.88. The number of methoxy groups -OCH3 is 2. The van der Waals surface area contributed by atoms with Gasteiger partial charge in [-0.2, -0.15) is 0 Å². The van der Waals surface area contributed by atoms with Crippen LogP contribution >= 0.6 is 0 Å². The molecule has 0 aliphatic rings. The van der Waals surface area contributed by atoms with Gasteiger partial charge in [0.25, 0.3) is 0 Å². The number of hydrogen-bond acceptors (Lipinski definition) is 4. The molecule has 106 valence electrons. The molecule has 0 amide bonds. The summed E-state index contributed by atoms with van der Waals surface area (Å²) >= 11 is 0. The summed E-state index contributed by atoms with van der Waals surface area (Å²) in [6.07, 6.45) is 0.512. The fourth-order valence-electron chi connectivity index (χ4n) is 1.89. The van der Waals surface area contributed by atoms with Crippen LogP contribution in [-0.4, -0.2) is 36.0 Å². The minimum absolute atomic E-state index is 0.0553. The molecule has 1 rings (SSSR count). The van der Waals surface area contributed by atoms with Gasteiger partial charge in [0.05, 0.1) is 19.8 Å². The van der Waals surface area contributed by atoms with Crippen LogP contribution in [0, 0.1) is 0 Å². The van der Waals surface area contributed by atoms with Crippen LogP contribution in [0.3, 0.4) is 0 Å². The number of ether oxygens (including phenoxy) is 2. The van der Waals surface area contributed by atoms with Gasteiger partial charge in [-0.1, -0.05) is 6.07 Å². The molecular weight excluding hydrogens is 248 g/mol. The van der Waals surface area contributed by atoms with E-state index >= 15 is 0 Å². The number of rotatable bonds is 7. The number of aliphatic hydroxyl groups is 1. The van der Waals surface area contributed by atoms with Gasteiger partial charge in [0.15, 0.2) is 11.5 Å². The second-order valence-corrected chi connectivity index (χ2v) is 4.76. The predicted molar refractivity (Wildman–Crippen MR) is 70.7 cm³/mol. The van der Waals surface area contributed by atoms with Crippen LogP contribution < -0.4 is 9.47 Å². The van der Waals surface area contributed by atoms with Gasteiger partial charge in [-0.3, -0.25) is 4.79 Å². The molecule has 0 radical (unpaired) electrons. The first-order valence-electron chi connectivity index (χ1n) is 6.03. The maximum Gasteiger partial charge on any atom is 0.303 e. The van der Waals surface area contributed by atoms with Crippen molar-refractivity contribution in [1.29, 1.82) is 0 Å². The molecule has 0 aliphatic heterocycles. The molecule has 1 unspecified atom stereocenters. The number of carbonyl (C=O) groups is 1. The molecule has 0 saturated carbocycles. The normalized spacial score (nSPS) is 13.7. The topological polar surface area (TPSA) is 76.0 Å². The third-order valence-corrected chi connectivity index (χ3v) is 2.91. The predicted octanol–water partition coefficient (Wildman–Crippen LogP) is 1.86. The fourth-order valence-corrected chi connectivity index (χ4v) is 1.89. The van der Waals surface area contributed by atoms with Crippen LogP contribution in [0.15, 0.2) is 18.2 Å². The molecule has 19 heavy (non-hydrogen) atoms. The van der Waals surface area contributed by atoms with E-state index < -0.39 is 11.6 Å². The number of aliphatic carboxylic acids is 1. The zero-order valence-corrected chi connectivity index (χ0v) is 11.5. The molecule has 0 aliphatic carbocycles. The quantitative estimate of drug-likeness (QED) is 0.789. The zero-order valence-electron chi connectivity index (χ0n) is 11.5. The zero-order chi connectivity index (χ0) is 14.5. The van der Waals surface area contributed by atoms with Gasteiger partial charge in [-0.25, -0.2) is 0 Å². The average molecular weight is 268 g/mol. The summed E-state index contributed by atoms with van der Waals surface area (Å²) < 4.78 is 10.3. The number of carboxylic acids is 1. The van der Waals surface area contributed by atoms with Gasteiger partial charge in [-0.05, 0) is 31.0 Å². The van der Waals surface area contributed by atoms with Crippen molar-refractivity contribution >= 4 is 5.97 Å². The van der Waals surface area contributed by atoms with E-state index in [1.807, 2.05) is 6.07 Å². The average Bonchev–Trinajstić information content (AvgIpc) is 2.36. The summed E-state index contributed by atoms with van der Waals surface area (Å²) in [5, 5.41) is 18.8. The standard InChI is InChI=1S/C14H20O5/c1-14(17,7-6-13(15)16)9-10-4-5-11(18-2)12(8-10)19-3/h4-5,8,17H,6-7,9H2,1-3H3,(H,15,16). The van der Waals surface area contributed by atoms with E-state index in [1.54, 1.807) is 33.3 Å². The lowest BCUT2D eigenvalue weighted by Gasteiger charge is -2.23. The van der Waals surface area contributed by atoms with Crippen molar-refractivity contribution in [2.24, 2.45) is 0 Å². The molecule has 5 heteroatoms. The van der Waals surface area contributed by atoms with Crippen molar-refractivity contribution in [3.8, 4) is 11.5 Å². The number of hydrogen-bond donors (Lipinski definition) is 2. The fraction of sp³-hybridized carbons (Fsp3) is 0.500. The molecule has 5 nitrogen and oxygen atoms in total. The van der Waals surface area contributed by atoms with Crippen LogP contribution in [-0.2, 0) is 11.2 Å².